The topological polar surface area (TPSA) is 67.4 Å². The van der Waals surface area contributed by atoms with Crippen molar-refractivity contribution in [1.82, 2.24) is 10.6 Å². The number of hydrogen-bond acceptors (Lipinski definition) is 3. The molecule has 2 aromatic carbocycles. The monoisotopic (exact) mass is 366 g/mol. The molecule has 0 atom stereocenters. The maximum absolute atomic E-state index is 12.1. The van der Waals surface area contributed by atoms with E-state index < -0.39 is 12.8 Å². The average molecular weight is 366 g/mol. The molecule has 2 aromatic rings. The minimum Gasteiger partial charge on any atom is -0.484 e. The second kappa shape index (κ2) is 8.89. The molecule has 8 heteroatoms. The zero-order valence-corrected chi connectivity index (χ0v) is 13.7. The van der Waals surface area contributed by atoms with Gasteiger partial charge in [-0.05, 0) is 29.8 Å². The predicted octanol–water partition coefficient (Wildman–Crippen LogP) is 2.67. The number of ether oxygens (including phenoxy) is 1. The molecule has 2 N–H and O–H groups in total. The molecule has 0 fully saturated rings. The fourth-order valence-corrected chi connectivity index (χ4v) is 1.98. The lowest BCUT2D eigenvalue weighted by atomic mass is 10.2. The van der Waals surface area contributed by atoms with E-state index in [0.29, 0.717) is 11.1 Å². The highest BCUT2D eigenvalue weighted by atomic mass is 19.4. The van der Waals surface area contributed by atoms with Gasteiger partial charge in [0.2, 0.25) is 5.91 Å². The fourth-order valence-electron chi connectivity index (χ4n) is 1.98. The maximum Gasteiger partial charge on any atom is 0.422 e. The molecule has 2 rings (SSSR count). The standard InChI is InChI=1S/C18H17F3N2O3/c19-18(20,21)12-26-15-8-6-13(7-9-15)10-22-16(24)11-23-17(25)14-4-2-1-3-5-14/h1-9H,10-12H2,(H,22,24)(H,23,25). The molecular weight excluding hydrogens is 349 g/mol. The quantitative estimate of drug-likeness (QED) is 0.792. The van der Waals surface area contributed by atoms with Gasteiger partial charge in [-0.25, -0.2) is 0 Å². The molecule has 0 aliphatic heterocycles. The van der Waals surface area contributed by atoms with E-state index in [-0.39, 0.29) is 30.7 Å². The van der Waals surface area contributed by atoms with Gasteiger partial charge in [0.15, 0.2) is 6.61 Å². The van der Waals surface area contributed by atoms with Gasteiger partial charge in [-0.15, -0.1) is 0 Å². The van der Waals surface area contributed by atoms with Gasteiger partial charge in [0, 0.05) is 12.1 Å². The summed E-state index contributed by atoms with van der Waals surface area (Å²) >= 11 is 0. The Balaban J connectivity index is 1.72. The first-order valence-corrected chi connectivity index (χ1v) is 7.72. The zero-order chi connectivity index (χ0) is 19.0. The van der Waals surface area contributed by atoms with Crippen molar-refractivity contribution in [3.63, 3.8) is 0 Å². The first-order chi connectivity index (χ1) is 12.3. The summed E-state index contributed by atoms with van der Waals surface area (Å²) in [5.41, 5.74) is 1.14. The Morgan fingerprint density at radius 2 is 1.58 bits per heavy atom. The number of benzene rings is 2. The molecule has 0 radical (unpaired) electrons. The Bertz CT molecular complexity index is 732. The summed E-state index contributed by atoms with van der Waals surface area (Å²) in [5, 5.41) is 5.10. The van der Waals surface area contributed by atoms with Crippen LogP contribution in [0.25, 0.3) is 0 Å². The van der Waals surface area contributed by atoms with Gasteiger partial charge in [0.1, 0.15) is 5.75 Å². The van der Waals surface area contributed by atoms with Crippen LogP contribution < -0.4 is 15.4 Å². The minimum absolute atomic E-state index is 0.0903. The predicted molar refractivity (Wildman–Crippen MR) is 88.6 cm³/mol. The molecule has 0 aliphatic rings. The van der Waals surface area contributed by atoms with E-state index in [0.717, 1.165) is 0 Å². The first-order valence-electron chi connectivity index (χ1n) is 7.72. The van der Waals surface area contributed by atoms with Gasteiger partial charge < -0.3 is 15.4 Å². The third-order valence-corrected chi connectivity index (χ3v) is 3.26. The van der Waals surface area contributed by atoms with Crippen molar-refractivity contribution < 1.29 is 27.5 Å². The van der Waals surface area contributed by atoms with Crippen LogP contribution in [0, 0.1) is 0 Å². The van der Waals surface area contributed by atoms with Gasteiger partial charge in [-0.2, -0.15) is 13.2 Å². The van der Waals surface area contributed by atoms with Crippen LogP contribution in [-0.4, -0.2) is 31.1 Å². The molecular formula is C18H17F3N2O3. The fraction of sp³-hybridized carbons (Fsp3) is 0.222. The van der Waals surface area contributed by atoms with Crippen molar-refractivity contribution in [2.24, 2.45) is 0 Å². The van der Waals surface area contributed by atoms with E-state index in [9.17, 15) is 22.8 Å². The van der Waals surface area contributed by atoms with Crippen LogP contribution >= 0.6 is 0 Å². The van der Waals surface area contributed by atoms with Crippen molar-refractivity contribution in [3.8, 4) is 5.75 Å². The van der Waals surface area contributed by atoms with Gasteiger partial charge >= 0.3 is 6.18 Å². The Hall–Kier alpha value is -3.03. The van der Waals surface area contributed by atoms with Crippen molar-refractivity contribution in [3.05, 3.63) is 65.7 Å². The van der Waals surface area contributed by atoms with E-state index in [1.54, 1.807) is 42.5 Å². The molecule has 0 bridgehead atoms. The SMILES string of the molecule is O=C(CNC(=O)c1ccccc1)NCc1ccc(OCC(F)(F)F)cc1. The third-order valence-electron chi connectivity index (χ3n) is 3.26. The van der Waals surface area contributed by atoms with Crippen LogP contribution in [0.3, 0.4) is 0 Å². The second-order valence-electron chi connectivity index (χ2n) is 5.37. The van der Waals surface area contributed by atoms with Gasteiger partial charge in [0.25, 0.3) is 5.91 Å². The molecule has 138 valence electrons. The highest BCUT2D eigenvalue weighted by molar-refractivity contribution is 5.96. The number of carbonyl (C=O) groups is 2. The van der Waals surface area contributed by atoms with Crippen molar-refractivity contribution in [2.45, 2.75) is 12.7 Å². The normalized spacial score (nSPS) is 10.9. The molecule has 26 heavy (non-hydrogen) atoms. The molecule has 0 aromatic heterocycles. The summed E-state index contributed by atoms with van der Waals surface area (Å²) in [6, 6.07) is 14.4. The van der Waals surface area contributed by atoms with E-state index in [2.05, 4.69) is 15.4 Å². The third kappa shape index (κ3) is 6.84. The smallest absolute Gasteiger partial charge is 0.422 e. The molecule has 0 saturated heterocycles. The largest absolute Gasteiger partial charge is 0.484 e. The highest BCUT2D eigenvalue weighted by Gasteiger charge is 2.28. The Morgan fingerprint density at radius 3 is 2.19 bits per heavy atom. The molecule has 0 saturated carbocycles. The first kappa shape index (κ1) is 19.3. The van der Waals surface area contributed by atoms with Gasteiger partial charge in [-0.1, -0.05) is 30.3 Å². The number of amides is 2. The lowest BCUT2D eigenvalue weighted by Crippen LogP contribution is -2.36. The molecule has 0 spiro atoms. The number of hydrogen-bond donors (Lipinski definition) is 2. The summed E-state index contributed by atoms with van der Waals surface area (Å²) in [4.78, 5) is 23.6. The molecule has 2 amide bonds. The number of alkyl halides is 3. The van der Waals surface area contributed by atoms with E-state index in [1.165, 1.54) is 12.1 Å². The number of rotatable bonds is 7. The summed E-state index contributed by atoms with van der Waals surface area (Å²) in [6.45, 7) is -1.36. The summed E-state index contributed by atoms with van der Waals surface area (Å²) in [6.07, 6.45) is -4.39. The van der Waals surface area contributed by atoms with Crippen LogP contribution in [0.15, 0.2) is 54.6 Å². The minimum atomic E-state index is -4.39. The zero-order valence-electron chi connectivity index (χ0n) is 13.7. The molecule has 0 heterocycles. The molecule has 0 aliphatic carbocycles. The summed E-state index contributed by atoms with van der Waals surface area (Å²) < 4.78 is 40.8. The number of nitrogens with one attached hydrogen (secondary N) is 2. The number of carbonyl (C=O) groups excluding carboxylic acids is 2. The number of halogens is 3. The van der Waals surface area contributed by atoms with Gasteiger partial charge in [-0.3, -0.25) is 9.59 Å². The lowest BCUT2D eigenvalue weighted by molar-refractivity contribution is -0.153. The van der Waals surface area contributed by atoms with Crippen molar-refractivity contribution >= 4 is 11.8 Å². The lowest BCUT2D eigenvalue weighted by Gasteiger charge is -2.10. The van der Waals surface area contributed by atoms with E-state index in [1.807, 2.05) is 0 Å². The van der Waals surface area contributed by atoms with Crippen LogP contribution in [0.5, 0.6) is 5.75 Å². The molecule has 5 nitrogen and oxygen atoms in total. The van der Waals surface area contributed by atoms with E-state index in [4.69, 9.17) is 0 Å². The Kier molecular flexibility index (Phi) is 6.60. The van der Waals surface area contributed by atoms with Crippen LogP contribution in [0.2, 0.25) is 0 Å². The van der Waals surface area contributed by atoms with Crippen LogP contribution in [0.4, 0.5) is 13.2 Å². The summed E-state index contributed by atoms with van der Waals surface area (Å²) in [7, 11) is 0. The van der Waals surface area contributed by atoms with Gasteiger partial charge in [0.05, 0.1) is 6.54 Å². The van der Waals surface area contributed by atoms with Crippen LogP contribution in [-0.2, 0) is 11.3 Å². The van der Waals surface area contributed by atoms with Crippen molar-refractivity contribution in [2.75, 3.05) is 13.2 Å². The summed E-state index contributed by atoms with van der Waals surface area (Å²) in [5.74, 6) is -0.647. The Morgan fingerprint density at radius 1 is 0.923 bits per heavy atom. The maximum atomic E-state index is 12.1. The Labute approximate surface area is 148 Å². The molecule has 0 unspecified atom stereocenters. The van der Waals surface area contributed by atoms with Crippen molar-refractivity contribution in [1.29, 1.82) is 0 Å². The highest BCUT2D eigenvalue weighted by Crippen LogP contribution is 2.18. The average Bonchev–Trinajstić information content (AvgIpc) is 2.63. The van der Waals surface area contributed by atoms with E-state index >= 15 is 0 Å². The van der Waals surface area contributed by atoms with Crippen LogP contribution in [0.1, 0.15) is 15.9 Å². The second-order valence-corrected chi connectivity index (χ2v) is 5.37.